The number of halogens is 1. The summed E-state index contributed by atoms with van der Waals surface area (Å²) in [7, 11) is 0. The summed E-state index contributed by atoms with van der Waals surface area (Å²) in [6.45, 7) is 5.99. The molecule has 0 saturated carbocycles. The third-order valence-electron chi connectivity index (χ3n) is 3.40. The van der Waals surface area contributed by atoms with Crippen LogP contribution in [-0.2, 0) is 4.79 Å². The van der Waals surface area contributed by atoms with Crippen LogP contribution in [0.5, 0.6) is 0 Å². The van der Waals surface area contributed by atoms with Gasteiger partial charge in [-0.05, 0) is 33.5 Å². The molecule has 1 aromatic heterocycles. The van der Waals surface area contributed by atoms with Crippen molar-refractivity contribution in [2.75, 3.05) is 5.32 Å². The van der Waals surface area contributed by atoms with Gasteiger partial charge in [0.25, 0.3) is 0 Å². The number of benzene rings is 1. The molecule has 2 aromatic rings. The predicted molar refractivity (Wildman–Crippen MR) is 87.3 cm³/mol. The van der Waals surface area contributed by atoms with Crippen LogP contribution in [0.1, 0.15) is 27.2 Å². The molecule has 1 unspecified atom stereocenters. The lowest BCUT2D eigenvalue weighted by molar-refractivity contribution is -0.117. The van der Waals surface area contributed by atoms with E-state index in [1.54, 1.807) is 12.1 Å². The molecular weight excluding hydrogens is 336 g/mol. The molecule has 0 fully saturated rings. The number of aromatic nitrogens is 2. The second-order valence-corrected chi connectivity index (χ2v) is 7.04. The number of fused-ring (bicyclic) bond motifs is 1. The number of hydrogen-bond donors (Lipinski definition) is 4. The summed E-state index contributed by atoms with van der Waals surface area (Å²) in [5.74, 6) is -0.157. The van der Waals surface area contributed by atoms with Crippen molar-refractivity contribution in [3.8, 4) is 0 Å². The van der Waals surface area contributed by atoms with Crippen molar-refractivity contribution >= 4 is 38.6 Å². The number of carbonyl (C=O) groups excluding carboxylic acids is 1. The van der Waals surface area contributed by atoms with Crippen molar-refractivity contribution in [3.05, 3.63) is 27.1 Å². The second kappa shape index (κ2) is 5.65. The number of nitrogens with one attached hydrogen (secondary N) is 3. The highest BCUT2D eigenvalue weighted by molar-refractivity contribution is 9.10. The topological polar surface area (TPSA) is 104 Å². The summed E-state index contributed by atoms with van der Waals surface area (Å²) in [4.78, 5) is 28.6. The molecule has 0 aliphatic rings. The van der Waals surface area contributed by atoms with Gasteiger partial charge in [0.15, 0.2) is 0 Å². The number of H-pyrrole nitrogens is 2. The third-order valence-corrected chi connectivity index (χ3v) is 4.05. The highest BCUT2D eigenvalue weighted by Crippen LogP contribution is 2.27. The van der Waals surface area contributed by atoms with E-state index < -0.39 is 0 Å². The first-order valence-corrected chi connectivity index (χ1v) is 7.43. The van der Waals surface area contributed by atoms with Gasteiger partial charge in [-0.3, -0.25) is 4.79 Å². The van der Waals surface area contributed by atoms with E-state index >= 15 is 0 Å². The average molecular weight is 355 g/mol. The van der Waals surface area contributed by atoms with E-state index in [4.69, 9.17) is 5.73 Å². The fraction of sp³-hybridized carbons (Fsp3) is 0.429. The Morgan fingerprint density at radius 1 is 1.33 bits per heavy atom. The largest absolute Gasteiger partial charge is 0.327 e. The van der Waals surface area contributed by atoms with Gasteiger partial charge in [-0.2, -0.15) is 0 Å². The van der Waals surface area contributed by atoms with Crippen molar-refractivity contribution in [1.29, 1.82) is 0 Å². The van der Waals surface area contributed by atoms with Crippen molar-refractivity contribution < 1.29 is 4.79 Å². The monoisotopic (exact) mass is 354 g/mol. The quantitative estimate of drug-likeness (QED) is 0.679. The second-order valence-electron chi connectivity index (χ2n) is 6.18. The van der Waals surface area contributed by atoms with Crippen molar-refractivity contribution in [1.82, 2.24) is 9.97 Å². The Hall–Kier alpha value is -1.60. The Morgan fingerprint density at radius 3 is 2.48 bits per heavy atom. The molecule has 0 radical (unpaired) electrons. The van der Waals surface area contributed by atoms with Gasteiger partial charge >= 0.3 is 5.69 Å². The Labute approximate surface area is 130 Å². The summed E-state index contributed by atoms with van der Waals surface area (Å²) in [5.41, 5.74) is 7.51. The number of imidazole rings is 1. The molecule has 1 aromatic carbocycles. The summed E-state index contributed by atoms with van der Waals surface area (Å²) in [5, 5.41) is 2.81. The van der Waals surface area contributed by atoms with Gasteiger partial charge in [0.05, 0.1) is 16.7 Å². The number of rotatable bonds is 3. The summed E-state index contributed by atoms with van der Waals surface area (Å²) < 4.78 is 0.697. The molecule has 0 spiro atoms. The third kappa shape index (κ3) is 3.74. The van der Waals surface area contributed by atoms with Gasteiger partial charge < -0.3 is 21.0 Å². The zero-order chi connectivity index (χ0) is 15.8. The van der Waals surface area contributed by atoms with Crippen LogP contribution in [0.25, 0.3) is 11.0 Å². The van der Waals surface area contributed by atoms with Crippen LogP contribution in [0, 0.1) is 5.41 Å². The molecule has 1 atom stereocenters. The van der Waals surface area contributed by atoms with E-state index in [0.717, 1.165) is 0 Å². The van der Waals surface area contributed by atoms with Crippen LogP contribution >= 0.6 is 15.9 Å². The predicted octanol–water partition coefficient (Wildman–Crippen LogP) is 2.32. The van der Waals surface area contributed by atoms with E-state index in [1.807, 2.05) is 20.8 Å². The van der Waals surface area contributed by atoms with E-state index in [0.29, 0.717) is 21.2 Å². The normalized spacial score (nSPS) is 13.4. The van der Waals surface area contributed by atoms with Crippen LogP contribution in [0.3, 0.4) is 0 Å². The lowest BCUT2D eigenvalue weighted by Gasteiger charge is -2.26. The number of carbonyl (C=O) groups is 1. The van der Waals surface area contributed by atoms with Gasteiger partial charge in [-0.1, -0.05) is 20.8 Å². The zero-order valence-corrected chi connectivity index (χ0v) is 13.8. The first-order valence-electron chi connectivity index (χ1n) is 6.64. The lowest BCUT2D eigenvalue weighted by atomic mass is 9.85. The van der Waals surface area contributed by atoms with E-state index in [1.165, 1.54) is 0 Å². The maximum Gasteiger partial charge on any atom is 0.323 e. The van der Waals surface area contributed by atoms with Gasteiger partial charge in [0.2, 0.25) is 5.91 Å². The minimum Gasteiger partial charge on any atom is -0.327 e. The Bertz CT molecular complexity index is 727. The van der Waals surface area contributed by atoms with Crippen molar-refractivity contribution in [2.45, 2.75) is 33.2 Å². The van der Waals surface area contributed by atoms with Crippen LogP contribution in [-0.4, -0.2) is 21.9 Å². The Balaban J connectivity index is 2.17. The number of aromatic amines is 2. The minimum atomic E-state index is -0.282. The Morgan fingerprint density at radius 2 is 1.90 bits per heavy atom. The van der Waals surface area contributed by atoms with E-state index in [-0.39, 0.29) is 29.5 Å². The standard InChI is InChI=1S/C14H19BrN4O2/c1-14(2,3)11(16)6-12(20)17-8-5-10-9(4-7(8)15)18-13(21)19-10/h4-5,11H,6,16H2,1-3H3,(H,17,20)(H2,18,19,21). The number of nitrogens with two attached hydrogens (primary N) is 1. The lowest BCUT2D eigenvalue weighted by Crippen LogP contribution is -2.38. The molecule has 114 valence electrons. The zero-order valence-electron chi connectivity index (χ0n) is 12.2. The highest BCUT2D eigenvalue weighted by Gasteiger charge is 2.23. The SMILES string of the molecule is CC(C)(C)C(N)CC(=O)Nc1cc2[nH]c(=O)[nH]c2cc1Br. The summed E-state index contributed by atoms with van der Waals surface area (Å²) in [6.07, 6.45) is 0.234. The molecular formula is C14H19BrN4O2. The number of amides is 1. The first-order chi connectivity index (χ1) is 9.66. The van der Waals surface area contributed by atoms with Crippen LogP contribution in [0.15, 0.2) is 21.4 Å². The van der Waals surface area contributed by atoms with Gasteiger partial charge in [0, 0.05) is 16.9 Å². The number of hydrogen-bond acceptors (Lipinski definition) is 3. The highest BCUT2D eigenvalue weighted by atomic mass is 79.9. The molecule has 5 N–H and O–H groups in total. The molecule has 0 aliphatic heterocycles. The molecule has 1 heterocycles. The smallest absolute Gasteiger partial charge is 0.323 e. The molecule has 7 heteroatoms. The first kappa shape index (κ1) is 15.8. The fourth-order valence-corrected chi connectivity index (χ4v) is 2.30. The van der Waals surface area contributed by atoms with Crippen molar-refractivity contribution in [3.63, 3.8) is 0 Å². The minimum absolute atomic E-state index is 0.135. The maximum absolute atomic E-state index is 12.1. The van der Waals surface area contributed by atoms with Gasteiger partial charge in [0.1, 0.15) is 0 Å². The molecule has 2 rings (SSSR count). The summed E-state index contributed by atoms with van der Waals surface area (Å²) in [6, 6.07) is 3.22. The molecule has 21 heavy (non-hydrogen) atoms. The van der Waals surface area contributed by atoms with Gasteiger partial charge in [-0.25, -0.2) is 4.79 Å². The van der Waals surface area contributed by atoms with Crippen LogP contribution in [0.2, 0.25) is 0 Å². The van der Waals surface area contributed by atoms with Gasteiger partial charge in [-0.15, -0.1) is 0 Å². The summed E-state index contributed by atoms with van der Waals surface area (Å²) >= 11 is 3.38. The molecule has 0 bridgehead atoms. The van der Waals surface area contributed by atoms with Crippen LogP contribution in [0.4, 0.5) is 5.69 Å². The average Bonchev–Trinajstić information content (AvgIpc) is 2.67. The number of anilines is 1. The fourth-order valence-electron chi connectivity index (χ4n) is 1.86. The van der Waals surface area contributed by atoms with Crippen molar-refractivity contribution in [2.24, 2.45) is 11.1 Å². The van der Waals surface area contributed by atoms with Crippen LogP contribution < -0.4 is 16.7 Å². The van der Waals surface area contributed by atoms with E-state index in [9.17, 15) is 9.59 Å². The molecule has 0 aliphatic carbocycles. The molecule has 6 nitrogen and oxygen atoms in total. The Kier molecular flexibility index (Phi) is 4.25. The maximum atomic E-state index is 12.1. The molecule has 0 saturated heterocycles. The van der Waals surface area contributed by atoms with E-state index in [2.05, 4.69) is 31.2 Å². The molecule has 1 amide bonds.